The first-order valence-corrected chi connectivity index (χ1v) is 8.56. The molecule has 1 spiro atoms. The molecule has 5 rings (SSSR count). The third-order valence-corrected chi connectivity index (χ3v) is 6.41. The van der Waals surface area contributed by atoms with Gasteiger partial charge in [-0.15, -0.1) is 0 Å². The molecule has 0 radical (unpaired) electrons. The van der Waals surface area contributed by atoms with Crippen molar-refractivity contribution in [2.24, 2.45) is 5.92 Å². The second-order valence-corrected chi connectivity index (χ2v) is 7.48. The average molecular weight is 328 g/mol. The molecule has 126 valence electrons. The largest absolute Gasteiger partial charge is 0.482 e. The third kappa shape index (κ3) is 1.59. The lowest BCUT2D eigenvalue weighted by atomic mass is 9.53. The summed E-state index contributed by atoms with van der Waals surface area (Å²) >= 11 is 0. The van der Waals surface area contributed by atoms with Crippen LogP contribution in [0.5, 0.6) is 5.75 Å². The summed E-state index contributed by atoms with van der Waals surface area (Å²) < 4.78 is 26.1. The van der Waals surface area contributed by atoms with Crippen molar-refractivity contribution in [3.8, 4) is 5.75 Å². The maximum atomic E-state index is 14.5. The van der Waals surface area contributed by atoms with Crippen molar-refractivity contribution < 1.29 is 18.7 Å². The molecule has 2 aliphatic heterocycles. The monoisotopic (exact) mass is 328 g/mol. The molecule has 4 nitrogen and oxygen atoms in total. The van der Waals surface area contributed by atoms with Crippen molar-refractivity contribution in [2.45, 2.75) is 43.4 Å². The number of nitrogens with zero attached hydrogens (tertiary/aromatic N) is 1. The summed E-state index contributed by atoms with van der Waals surface area (Å²) in [6.07, 6.45) is 5.12. The highest BCUT2D eigenvalue weighted by Gasteiger charge is 2.64. The van der Waals surface area contributed by atoms with Gasteiger partial charge in [-0.3, -0.25) is 4.79 Å². The maximum absolute atomic E-state index is 14.5. The van der Waals surface area contributed by atoms with E-state index in [2.05, 4.69) is 18.0 Å². The second kappa shape index (κ2) is 4.60. The summed E-state index contributed by atoms with van der Waals surface area (Å²) in [5.74, 6) is 0.00484. The minimum absolute atomic E-state index is 0.267. The molecule has 2 aliphatic carbocycles. The van der Waals surface area contributed by atoms with Gasteiger partial charge in [-0.1, -0.05) is 12.1 Å². The first kappa shape index (κ1) is 14.5. The van der Waals surface area contributed by atoms with Gasteiger partial charge in [0.15, 0.2) is 17.7 Å². The van der Waals surface area contributed by atoms with E-state index in [1.165, 1.54) is 18.6 Å². The highest BCUT2D eigenvalue weighted by molar-refractivity contribution is 5.67. The number of hydrogen-bond acceptors (Lipinski definition) is 4. The molecular formula is C19H20FNO3. The van der Waals surface area contributed by atoms with E-state index in [-0.39, 0.29) is 29.2 Å². The minimum Gasteiger partial charge on any atom is -0.482 e. The van der Waals surface area contributed by atoms with Crippen LogP contribution in [0.1, 0.15) is 24.5 Å². The van der Waals surface area contributed by atoms with Crippen LogP contribution in [0.3, 0.4) is 0 Å². The Kier molecular flexibility index (Phi) is 2.77. The van der Waals surface area contributed by atoms with E-state index in [0.717, 1.165) is 24.9 Å². The first-order valence-electron chi connectivity index (χ1n) is 8.56. The van der Waals surface area contributed by atoms with Crippen LogP contribution in [0.15, 0.2) is 24.3 Å². The molecule has 1 saturated heterocycles. The smallest absolute Gasteiger partial charge is 0.303 e. The van der Waals surface area contributed by atoms with Crippen molar-refractivity contribution in [3.05, 3.63) is 41.2 Å². The second-order valence-electron chi connectivity index (χ2n) is 7.48. The Hall–Kier alpha value is -1.88. The predicted molar refractivity (Wildman–Crippen MR) is 85.4 cm³/mol. The highest BCUT2D eigenvalue weighted by Crippen LogP contribution is 2.61. The lowest BCUT2D eigenvalue weighted by molar-refractivity contribution is -0.152. The summed E-state index contributed by atoms with van der Waals surface area (Å²) in [7, 11) is 2.16. The van der Waals surface area contributed by atoms with Crippen LogP contribution < -0.4 is 4.74 Å². The topological polar surface area (TPSA) is 38.8 Å². The van der Waals surface area contributed by atoms with Crippen LogP contribution in [0.4, 0.5) is 4.39 Å². The van der Waals surface area contributed by atoms with E-state index in [9.17, 15) is 9.18 Å². The quantitative estimate of drug-likeness (QED) is 0.585. The molecule has 5 heteroatoms. The molecule has 2 heterocycles. The maximum Gasteiger partial charge on any atom is 0.303 e. The zero-order valence-electron chi connectivity index (χ0n) is 13.8. The molecular weight excluding hydrogens is 308 g/mol. The summed E-state index contributed by atoms with van der Waals surface area (Å²) in [4.78, 5) is 13.9. The van der Waals surface area contributed by atoms with Gasteiger partial charge in [-0.25, -0.2) is 4.39 Å². The van der Waals surface area contributed by atoms with Gasteiger partial charge in [0.05, 0.1) is 0 Å². The first-order chi connectivity index (χ1) is 11.5. The Bertz CT molecular complexity index is 776. The van der Waals surface area contributed by atoms with Gasteiger partial charge < -0.3 is 14.4 Å². The van der Waals surface area contributed by atoms with E-state index in [1.54, 1.807) is 0 Å². The normalized spacial score (nSPS) is 38.5. The number of halogens is 1. The van der Waals surface area contributed by atoms with Crippen molar-refractivity contribution >= 4 is 5.97 Å². The fraction of sp³-hybridized carbons (Fsp3) is 0.526. The lowest BCUT2D eigenvalue weighted by Crippen LogP contribution is -2.65. The van der Waals surface area contributed by atoms with Crippen LogP contribution in [0.25, 0.3) is 0 Å². The van der Waals surface area contributed by atoms with Crippen molar-refractivity contribution in [3.63, 3.8) is 0 Å². The molecule has 1 fully saturated rings. The molecule has 0 aromatic heterocycles. The number of esters is 1. The number of piperidine rings is 1. The predicted octanol–water partition coefficient (Wildman–Crippen LogP) is 2.20. The summed E-state index contributed by atoms with van der Waals surface area (Å²) in [5.41, 5.74) is 1.93. The van der Waals surface area contributed by atoms with Gasteiger partial charge >= 0.3 is 5.97 Å². The fourth-order valence-corrected chi connectivity index (χ4v) is 5.49. The van der Waals surface area contributed by atoms with Crippen molar-refractivity contribution in [1.82, 2.24) is 4.90 Å². The molecule has 2 bridgehead atoms. The van der Waals surface area contributed by atoms with Gasteiger partial charge in [-0.05, 0) is 44.1 Å². The Morgan fingerprint density at radius 3 is 3.04 bits per heavy atom. The van der Waals surface area contributed by atoms with E-state index < -0.39 is 6.10 Å². The number of likely N-dealkylation sites (tertiary alicyclic amines) is 1. The van der Waals surface area contributed by atoms with Gasteiger partial charge in [0.25, 0.3) is 0 Å². The van der Waals surface area contributed by atoms with Gasteiger partial charge in [-0.2, -0.15) is 0 Å². The van der Waals surface area contributed by atoms with Gasteiger partial charge in [0.2, 0.25) is 0 Å². The number of ether oxygens (including phenoxy) is 2. The summed E-state index contributed by atoms with van der Waals surface area (Å²) in [6, 6.07) is 3.79. The summed E-state index contributed by atoms with van der Waals surface area (Å²) in [6.45, 7) is 2.35. The zero-order valence-corrected chi connectivity index (χ0v) is 13.8. The lowest BCUT2D eigenvalue weighted by Gasteiger charge is -2.56. The number of benzene rings is 1. The number of hydrogen-bond donors (Lipinski definition) is 0. The zero-order chi connectivity index (χ0) is 16.6. The van der Waals surface area contributed by atoms with Gasteiger partial charge in [0, 0.05) is 29.9 Å². The molecule has 1 aromatic rings. The molecule has 1 aromatic carbocycles. The highest BCUT2D eigenvalue weighted by atomic mass is 18.2. The van der Waals surface area contributed by atoms with Crippen LogP contribution in [0, 0.1) is 11.7 Å². The molecule has 5 atom stereocenters. The van der Waals surface area contributed by atoms with E-state index >= 15 is 0 Å². The van der Waals surface area contributed by atoms with Crippen LogP contribution in [-0.4, -0.2) is 42.7 Å². The van der Waals surface area contributed by atoms with Crippen LogP contribution >= 0.6 is 0 Å². The average Bonchev–Trinajstić information content (AvgIpc) is 2.89. The number of rotatable bonds is 1. The Labute approximate surface area is 140 Å². The Morgan fingerprint density at radius 1 is 1.42 bits per heavy atom. The van der Waals surface area contributed by atoms with E-state index in [1.807, 2.05) is 12.1 Å². The molecule has 4 aliphatic rings. The number of carbonyl (C=O) groups is 1. The Balaban J connectivity index is 1.74. The minimum atomic E-state index is -0.458. The molecule has 0 saturated carbocycles. The molecule has 0 unspecified atom stereocenters. The van der Waals surface area contributed by atoms with E-state index in [0.29, 0.717) is 11.8 Å². The van der Waals surface area contributed by atoms with Crippen molar-refractivity contribution in [2.75, 3.05) is 13.6 Å². The fourth-order valence-electron chi connectivity index (χ4n) is 5.49. The number of carbonyl (C=O) groups excluding carboxylic acids is 1. The Morgan fingerprint density at radius 2 is 2.25 bits per heavy atom. The molecule has 0 amide bonds. The third-order valence-electron chi connectivity index (χ3n) is 6.41. The van der Waals surface area contributed by atoms with Crippen LogP contribution in [-0.2, 0) is 21.4 Å². The van der Waals surface area contributed by atoms with Crippen LogP contribution in [0.2, 0.25) is 0 Å². The summed E-state index contributed by atoms with van der Waals surface area (Å²) in [5, 5.41) is 0. The standard InChI is InChI=1S/C19H20FNO3/c1-10(22)23-15-6-4-12-14-9-11-3-5-13(20)17-16(11)19(12,18(15)24-17)7-8-21(14)2/h3-6,12,14-15,18H,7-9H2,1-2H3/t12-,14+,15-,18-,19-/m0/s1/i20-1. The SMILES string of the molecule is CC(=O)O[C@H]1C=C[C@H]2[C@H]3Cc4ccc([18F])c5c4[C@@]2(CCN3C)[C@H]1O5. The molecule has 0 N–H and O–H groups in total. The van der Waals surface area contributed by atoms with E-state index in [4.69, 9.17) is 9.47 Å². The number of likely N-dealkylation sites (N-methyl/N-ethyl adjacent to an activating group) is 1. The van der Waals surface area contributed by atoms with Crippen molar-refractivity contribution in [1.29, 1.82) is 0 Å². The van der Waals surface area contributed by atoms with Gasteiger partial charge in [0.1, 0.15) is 6.10 Å². The molecule has 24 heavy (non-hydrogen) atoms.